The normalized spacial score (nSPS) is 10.3. The smallest absolute Gasteiger partial charge is 0.119 e. The van der Waals surface area contributed by atoms with E-state index in [1.54, 1.807) is 0 Å². The van der Waals surface area contributed by atoms with Gasteiger partial charge in [0.25, 0.3) is 0 Å². The molecule has 0 spiro atoms. The fourth-order valence-corrected chi connectivity index (χ4v) is 1.98. The van der Waals surface area contributed by atoms with Gasteiger partial charge in [-0.1, -0.05) is 70.2 Å². The van der Waals surface area contributed by atoms with Crippen LogP contribution < -0.4 is 4.74 Å². The Morgan fingerprint density at radius 3 is 2.50 bits per heavy atom. The Labute approximate surface area is 112 Å². The number of benzene rings is 1. The molecule has 1 nitrogen and oxygen atoms in total. The van der Waals surface area contributed by atoms with Crippen LogP contribution in [0.2, 0.25) is 0 Å². The predicted octanol–water partition coefficient (Wildman–Crippen LogP) is 5.46. The third kappa shape index (κ3) is 6.48. The highest BCUT2D eigenvalue weighted by atomic mass is 16.5. The lowest BCUT2D eigenvalue weighted by Gasteiger charge is -2.06. The van der Waals surface area contributed by atoms with Crippen molar-refractivity contribution in [2.45, 2.75) is 51.9 Å². The molecular weight excluding hydrogens is 220 g/mol. The zero-order valence-corrected chi connectivity index (χ0v) is 11.7. The zero-order valence-electron chi connectivity index (χ0n) is 11.7. The molecule has 0 aliphatic rings. The van der Waals surface area contributed by atoms with Crippen LogP contribution in [0.5, 0.6) is 5.75 Å². The largest absolute Gasteiger partial charge is 0.494 e. The Bertz CT molecular complexity index is 330. The molecule has 0 fully saturated rings. The Kier molecular flexibility index (Phi) is 8.03. The van der Waals surface area contributed by atoms with Crippen LogP contribution in [0.3, 0.4) is 0 Å². The average molecular weight is 246 g/mol. The summed E-state index contributed by atoms with van der Waals surface area (Å²) in [5.74, 6) is 0.957. The molecule has 0 heterocycles. The molecule has 0 saturated carbocycles. The van der Waals surface area contributed by atoms with Crippen molar-refractivity contribution in [2.24, 2.45) is 0 Å². The van der Waals surface area contributed by atoms with Crippen molar-refractivity contribution in [2.75, 3.05) is 6.61 Å². The molecular formula is C17H26O. The van der Waals surface area contributed by atoms with Crippen LogP contribution >= 0.6 is 0 Å². The lowest BCUT2D eigenvalue weighted by atomic mass is 10.1. The summed E-state index contributed by atoms with van der Waals surface area (Å²) in [6.45, 7) is 6.84. The first-order valence-corrected chi connectivity index (χ1v) is 7.22. The number of unbranched alkanes of at least 4 members (excludes halogenated alkanes) is 6. The summed E-state index contributed by atoms with van der Waals surface area (Å²) in [5, 5.41) is 0. The van der Waals surface area contributed by atoms with Crippen LogP contribution in [-0.4, -0.2) is 6.61 Å². The molecule has 0 amide bonds. The van der Waals surface area contributed by atoms with Crippen molar-refractivity contribution in [1.29, 1.82) is 0 Å². The summed E-state index contributed by atoms with van der Waals surface area (Å²) < 4.78 is 5.73. The Hall–Kier alpha value is -1.24. The van der Waals surface area contributed by atoms with Crippen LogP contribution in [0, 0.1) is 0 Å². The number of rotatable bonds is 10. The minimum atomic E-state index is 0.828. The summed E-state index contributed by atoms with van der Waals surface area (Å²) in [5.41, 5.74) is 1.12. The van der Waals surface area contributed by atoms with Crippen LogP contribution in [0.25, 0.3) is 6.08 Å². The molecule has 0 unspecified atom stereocenters. The van der Waals surface area contributed by atoms with Gasteiger partial charge in [0.05, 0.1) is 6.61 Å². The van der Waals surface area contributed by atoms with Gasteiger partial charge in [0.2, 0.25) is 0 Å². The molecule has 0 radical (unpaired) electrons. The minimum Gasteiger partial charge on any atom is -0.494 e. The fourth-order valence-electron chi connectivity index (χ4n) is 1.98. The van der Waals surface area contributed by atoms with Crippen molar-refractivity contribution in [3.8, 4) is 5.75 Å². The first-order chi connectivity index (χ1) is 8.86. The van der Waals surface area contributed by atoms with Crippen LogP contribution in [0.15, 0.2) is 30.8 Å². The van der Waals surface area contributed by atoms with Gasteiger partial charge >= 0.3 is 0 Å². The Morgan fingerprint density at radius 2 is 1.78 bits per heavy atom. The molecule has 0 aromatic heterocycles. The van der Waals surface area contributed by atoms with Crippen LogP contribution in [0.1, 0.15) is 57.4 Å². The molecule has 18 heavy (non-hydrogen) atoms. The van der Waals surface area contributed by atoms with E-state index in [0.717, 1.165) is 24.3 Å². The third-order valence-electron chi connectivity index (χ3n) is 3.11. The van der Waals surface area contributed by atoms with Crippen molar-refractivity contribution >= 4 is 6.08 Å². The molecule has 0 atom stereocenters. The van der Waals surface area contributed by atoms with Crippen LogP contribution in [0.4, 0.5) is 0 Å². The third-order valence-corrected chi connectivity index (χ3v) is 3.11. The van der Waals surface area contributed by atoms with Gasteiger partial charge in [0.15, 0.2) is 0 Å². The van der Waals surface area contributed by atoms with E-state index in [0.29, 0.717) is 0 Å². The monoisotopic (exact) mass is 246 g/mol. The van der Waals surface area contributed by atoms with Gasteiger partial charge in [-0.3, -0.25) is 0 Å². The van der Waals surface area contributed by atoms with E-state index in [2.05, 4.69) is 13.5 Å². The number of ether oxygens (including phenoxy) is 1. The van der Waals surface area contributed by atoms with Crippen molar-refractivity contribution in [3.05, 3.63) is 36.4 Å². The maximum absolute atomic E-state index is 5.73. The molecule has 1 aromatic carbocycles. The van der Waals surface area contributed by atoms with Gasteiger partial charge in [-0.2, -0.15) is 0 Å². The number of hydrogen-bond donors (Lipinski definition) is 0. The van der Waals surface area contributed by atoms with Gasteiger partial charge in [0.1, 0.15) is 5.75 Å². The quantitative estimate of drug-likeness (QED) is 0.498. The maximum Gasteiger partial charge on any atom is 0.119 e. The zero-order chi connectivity index (χ0) is 13.1. The van der Waals surface area contributed by atoms with Crippen LogP contribution in [-0.2, 0) is 0 Å². The second-order valence-electron chi connectivity index (χ2n) is 4.75. The summed E-state index contributed by atoms with van der Waals surface area (Å²) in [7, 11) is 0. The molecule has 1 rings (SSSR count). The molecule has 1 aromatic rings. The van der Waals surface area contributed by atoms with Gasteiger partial charge in [0, 0.05) is 0 Å². The highest BCUT2D eigenvalue weighted by Crippen LogP contribution is 2.15. The topological polar surface area (TPSA) is 9.23 Å². The first kappa shape index (κ1) is 14.8. The lowest BCUT2D eigenvalue weighted by molar-refractivity contribution is 0.304. The second-order valence-corrected chi connectivity index (χ2v) is 4.75. The van der Waals surface area contributed by atoms with Crippen molar-refractivity contribution in [1.82, 2.24) is 0 Å². The summed E-state index contributed by atoms with van der Waals surface area (Å²) in [6.07, 6.45) is 11.1. The van der Waals surface area contributed by atoms with E-state index >= 15 is 0 Å². The summed E-state index contributed by atoms with van der Waals surface area (Å²) >= 11 is 0. The van der Waals surface area contributed by atoms with E-state index in [4.69, 9.17) is 4.74 Å². The van der Waals surface area contributed by atoms with Gasteiger partial charge < -0.3 is 4.74 Å². The fraction of sp³-hybridized carbons (Fsp3) is 0.529. The minimum absolute atomic E-state index is 0.828. The molecule has 0 aliphatic heterocycles. The molecule has 0 aliphatic carbocycles. The Balaban J connectivity index is 2.05. The summed E-state index contributed by atoms with van der Waals surface area (Å²) in [6, 6.07) is 8.09. The average Bonchev–Trinajstić information content (AvgIpc) is 2.42. The molecule has 0 saturated heterocycles. The van der Waals surface area contributed by atoms with Gasteiger partial charge in [-0.25, -0.2) is 0 Å². The highest BCUT2D eigenvalue weighted by Gasteiger charge is 1.95. The standard InChI is InChI=1S/C17H26O/c1-3-5-6-7-8-9-10-14-18-17-13-11-12-16(4-2)15-17/h4,11-13,15H,2-3,5-10,14H2,1H3. The lowest BCUT2D eigenvalue weighted by Crippen LogP contribution is -1.97. The molecule has 0 bridgehead atoms. The van der Waals surface area contributed by atoms with E-state index in [9.17, 15) is 0 Å². The molecule has 0 N–H and O–H groups in total. The second kappa shape index (κ2) is 9.76. The Morgan fingerprint density at radius 1 is 1.06 bits per heavy atom. The van der Waals surface area contributed by atoms with Crippen molar-refractivity contribution < 1.29 is 4.74 Å². The summed E-state index contributed by atoms with van der Waals surface area (Å²) in [4.78, 5) is 0. The SMILES string of the molecule is C=Cc1cccc(OCCCCCCCCC)c1. The van der Waals surface area contributed by atoms with E-state index in [1.807, 2.05) is 30.3 Å². The van der Waals surface area contributed by atoms with E-state index < -0.39 is 0 Å². The molecule has 1 heteroatoms. The van der Waals surface area contributed by atoms with Gasteiger partial charge in [-0.15, -0.1) is 0 Å². The maximum atomic E-state index is 5.73. The molecule has 100 valence electrons. The highest BCUT2D eigenvalue weighted by molar-refractivity contribution is 5.49. The van der Waals surface area contributed by atoms with E-state index in [-0.39, 0.29) is 0 Å². The van der Waals surface area contributed by atoms with E-state index in [1.165, 1.54) is 38.5 Å². The number of hydrogen-bond acceptors (Lipinski definition) is 1. The van der Waals surface area contributed by atoms with Gasteiger partial charge in [-0.05, 0) is 24.1 Å². The first-order valence-electron chi connectivity index (χ1n) is 7.22. The predicted molar refractivity (Wildman–Crippen MR) is 80.0 cm³/mol. The van der Waals surface area contributed by atoms with Crippen molar-refractivity contribution in [3.63, 3.8) is 0 Å².